The summed E-state index contributed by atoms with van der Waals surface area (Å²) in [4.78, 5) is 12.1. The van der Waals surface area contributed by atoms with Crippen LogP contribution in [0.5, 0.6) is 0 Å². The number of aliphatic hydroxyl groups is 1. The number of nitrogens with two attached hydrogens (primary N) is 1. The minimum atomic E-state index is -0.656. The maximum Gasteiger partial charge on any atom is 0.250 e. The number of carbonyl (C=O) groups excluding carboxylic acids is 1. The Balaban J connectivity index is 1.56. The highest BCUT2D eigenvalue weighted by Crippen LogP contribution is 2.41. The molecule has 1 heterocycles. The lowest BCUT2D eigenvalue weighted by Gasteiger charge is -2.30. The SMILES string of the molecule is CC1(C)CCc2c(CC3CC3)nn(-c3ccc(C(N)=O)c(N[C@H]4CC[C@H](O)CC4)c3F)c2C1. The van der Waals surface area contributed by atoms with Crippen molar-refractivity contribution < 1.29 is 14.3 Å². The number of nitrogens with one attached hydrogen (secondary N) is 1. The Hall–Kier alpha value is -2.41. The molecule has 0 saturated heterocycles. The minimum Gasteiger partial charge on any atom is -0.393 e. The number of nitrogens with zero attached hydrogens (tertiary/aromatic N) is 2. The molecule has 0 atom stereocenters. The Labute approximate surface area is 194 Å². The van der Waals surface area contributed by atoms with Crippen LogP contribution in [0.4, 0.5) is 10.1 Å². The van der Waals surface area contributed by atoms with Gasteiger partial charge in [-0.2, -0.15) is 5.10 Å². The second-order valence-corrected chi connectivity index (χ2v) is 11.1. The van der Waals surface area contributed by atoms with Crippen LogP contribution < -0.4 is 11.1 Å². The Kier molecular flexibility index (Phi) is 5.71. The quantitative estimate of drug-likeness (QED) is 0.607. The van der Waals surface area contributed by atoms with Gasteiger partial charge in [-0.15, -0.1) is 0 Å². The topological polar surface area (TPSA) is 93.2 Å². The van der Waals surface area contributed by atoms with E-state index in [-0.39, 0.29) is 28.8 Å². The Morgan fingerprint density at radius 3 is 2.64 bits per heavy atom. The van der Waals surface area contributed by atoms with E-state index in [0.29, 0.717) is 24.4 Å². The van der Waals surface area contributed by atoms with Crippen LogP contribution in [0.2, 0.25) is 0 Å². The lowest BCUT2D eigenvalue weighted by molar-refractivity contribution is 0.1000. The molecular weight excluding hydrogens is 419 g/mol. The zero-order valence-corrected chi connectivity index (χ0v) is 19.7. The number of amides is 1. The van der Waals surface area contributed by atoms with Crippen LogP contribution in [0.25, 0.3) is 5.69 Å². The Bertz CT molecular complexity index is 1060. The first-order valence-electron chi connectivity index (χ1n) is 12.4. The monoisotopic (exact) mass is 454 g/mol. The average molecular weight is 455 g/mol. The van der Waals surface area contributed by atoms with Crippen LogP contribution in [0.1, 0.15) is 86.1 Å². The van der Waals surface area contributed by atoms with Gasteiger partial charge in [0.25, 0.3) is 5.91 Å². The molecule has 0 bridgehead atoms. The summed E-state index contributed by atoms with van der Waals surface area (Å²) in [5.41, 5.74) is 9.91. The fraction of sp³-hybridized carbons (Fsp3) is 0.615. The molecule has 6 nitrogen and oxygen atoms in total. The number of rotatable bonds is 6. The van der Waals surface area contributed by atoms with Crippen LogP contribution in [0.15, 0.2) is 12.1 Å². The van der Waals surface area contributed by atoms with Gasteiger partial charge in [0, 0.05) is 11.7 Å². The van der Waals surface area contributed by atoms with Gasteiger partial charge >= 0.3 is 0 Å². The summed E-state index contributed by atoms with van der Waals surface area (Å²) in [6.45, 7) is 4.51. The fourth-order valence-corrected chi connectivity index (χ4v) is 5.47. The predicted octanol–water partition coefficient (Wildman–Crippen LogP) is 4.29. The zero-order chi connectivity index (χ0) is 23.3. The second-order valence-electron chi connectivity index (χ2n) is 11.1. The number of aromatic nitrogens is 2. The summed E-state index contributed by atoms with van der Waals surface area (Å²) in [5, 5.41) is 18.0. The molecule has 1 aromatic carbocycles. The number of hydrogen-bond donors (Lipinski definition) is 3. The smallest absolute Gasteiger partial charge is 0.250 e. The van der Waals surface area contributed by atoms with Gasteiger partial charge in [-0.1, -0.05) is 13.8 Å². The average Bonchev–Trinajstić information content (AvgIpc) is 3.51. The van der Waals surface area contributed by atoms with Gasteiger partial charge in [-0.25, -0.2) is 9.07 Å². The van der Waals surface area contributed by atoms with Crippen LogP contribution in [-0.4, -0.2) is 32.9 Å². The van der Waals surface area contributed by atoms with Crippen molar-refractivity contribution in [1.29, 1.82) is 0 Å². The highest BCUT2D eigenvalue weighted by molar-refractivity contribution is 5.99. The molecule has 0 radical (unpaired) electrons. The lowest BCUT2D eigenvalue weighted by Crippen LogP contribution is -2.30. The Morgan fingerprint density at radius 2 is 1.97 bits per heavy atom. The van der Waals surface area contributed by atoms with Crippen LogP contribution in [0.3, 0.4) is 0 Å². The van der Waals surface area contributed by atoms with Crippen LogP contribution in [-0.2, 0) is 19.3 Å². The molecule has 3 aliphatic carbocycles. The number of fused-ring (bicyclic) bond motifs is 1. The third-order valence-electron chi connectivity index (χ3n) is 7.71. The molecule has 7 heteroatoms. The molecule has 178 valence electrons. The number of primary amides is 1. The van der Waals surface area contributed by atoms with Crippen LogP contribution >= 0.6 is 0 Å². The van der Waals surface area contributed by atoms with E-state index in [1.807, 2.05) is 0 Å². The Morgan fingerprint density at radius 1 is 1.24 bits per heavy atom. The van der Waals surface area contributed by atoms with Crippen molar-refractivity contribution in [3.63, 3.8) is 0 Å². The molecular formula is C26H35FN4O2. The maximum absolute atomic E-state index is 16.1. The molecule has 4 N–H and O–H groups in total. The van der Waals surface area contributed by atoms with Crippen molar-refractivity contribution >= 4 is 11.6 Å². The van der Waals surface area contributed by atoms with E-state index in [4.69, 9.17) is 10.8 Å². The molecule has 2 aromatic rings. The maximum atomic E-state index is 16.1. The molecule has 3 aliphatic rings. The normalized spacial score (nSPS) is 24.4. The molecule has 5 rings (SSSR count). The summed E-state index contributed by atoms with van der Waals surface area (Å²) >= 11 is 0. The summed E-state index contributed by atoms with van der Waals surface area (Å²) in [6.07, 6.45) is 8.85. The van der Waals surface area contributed by atoms with Gasteiger partial charge < -0.3 is 16.2 Å². The molecule has 0 spiro atoms. The zero-order valence-electron chi connectivity index (χ0n) is 19.7. The van der Waals surface area contributed by atoms with Crippen molar-refractivity contribution in [2.24, 2.45) is 17.1 Å². The first kappa shape index (κ1) is 22.4. The third kappa shape index (κ3) is 4.52. The number of carbonyl (C=O) groups is 1. The summed E-state index contributed by atoms with van der Waals surface area (Å²) in [6, 6.07) is 3.25. The van der Waals surface area contributed by atoms with Crippen molar-refractivity contribution in [3.05, 3.63) is 40.5 Å². The second kappa shape index (κ2) is 8.42. The summed E-state index contributed by atoms with van der Waals surface area (Å²) < 4.78 is 17.9. The van der Waals surface area contributed by atoms with Gasteiger partial charge in [-0.05, 0) is 93.2 Å². The largest absolute Gasteiger partial charge is 0.393 e. The number of aliphatic hydroxyl groups excluding tert-OH is 1. The number of hydrogen-bond acceptors (Lipinski definition) is 4. The molecule has 2 saturated carbocycles. The van der Waals surface area contributed by atoms with E-state index >= 15 is 4.39 Å². The van der Waals surface area contributed by atoms with E-state index in [0.717, 1.165) is 49.9 Å². The van der Waals surface area contributed by atoms with E-state index in [1.54, 1.807) is 16.8 Å². The van der Waals surface area contributed by atoms with Gasteiger partial charge in [0.05, 0.1) is 23.0 Å². The number of anilines is 1. The van der Waals surface area contributed by atoms with Crippen molar-refractivity contribution in [1.82, 2.24) is 9.78 Å². The van der Waals surface area contributed by atoms with E-state index < -0.39 is 11.7 Å². The molecule has 0 unspecified atom stereocenters. The lowest BCUT2D eigenvalue weighted by atomic mass is 9.76. The minimum absolute atomic E-state index is 0.00727. The van der Waals surface area contributed by atoms with Gasteiger partial charge in [0.1, 0.15) is 5.69 Å². The summed E-state index contributed by atoms with van der Waals surface area (Å²) in [5.74, 6) is -0.436. The standard InChI is InChI=1S/C26H35FN4O2/c1-26(2)12-11-18-20(13-15-3-4-15)30-31(22(18)14-26)21-10-9-19(25(28)33)24(23(21)27)29-16-5-7-17(32)8-6-16/h9-10,15-17,29,32H,3-8,11-14H2,1-2H3,(H2,28,33)/t16-,17-. The molecule has 1 aromatic heterocycles. The van der Waals surface area contributed by atoms with Crippen molar-refractivity contribution in [2.75, 3.05) is 5.32 Å². The van der Waals surface area contributed by atoms with Crippen LogP contribution in [0, 0.1) is 17.2 Å². The highest BCUT2D eigenvalue weighted by atomic mass is 19.1. The predicted molar refractivity (Wildman–Crippen MR) is 126 cm³/mol. The molecule has 1 amide bonds. The van der Waals surface area contributed by atoms with E-state index in [9.17, 15) is 9.90 Å². The van der Waals surface area contributed by atoms with E-state index in [2.05, 4.69) is 19.2 Å². The first-order chi connectivity index (χ1) is 15.7. The van der Waals surface area contributed by atoms with Gasteiger partial charge in [0.15, 0.2) is 5.82 Å². The number of benzene rings is 1. The van der Waals surface area contributed by atoms with Crippen molar-refractivity contribution in [3.8, 4) is 5.69 Å². The molecule has 2 fully saturated rings. The van der Waals surface area contributed by atoms with Crippen molar-refractivity contribution in [2.45, 2.75) is 90.2 Å². The van der Waals surface area contributed by atoms with E-state index in [1.165, 1.54) is 18.4 Å². The summed E-state index contributed by atoms with van der Waals surface area (Å²) in [7, 11) is 0. The van der Waals surface area contributed by atoms with Gasteiger partial charge in [0.2, 0.25) is 0 Å². The van der Waals surface area contributed by atoms with Gasteiger partial charge in [-0.3, -0.25) is 4.79 Å². The number of halogens is 1. The third-order valence-corrected chi connectivity index (χ3v) is 7.71. The highest BCUT2D eigenvalue weighted by Gasteiger charge is 2.34. The fourth-order valence-electron chi connectivity index (χ4n) is 5.47. The first-order valence-corrected chi connectivity index (χ1v) is 12.4. The molecule has 33 heavy (non-hydrogen) atoms. The molecule has 0 aliphatic heterocycles.